The van der Waals surface area contributed by atoms with Gasteiger partial charge in [-0.2, -0.15) is 0 Å². The lowest BCUT2D eigenvalue weighted by molar-refractivity contribution is 0.475. The summed E-state index contributed by atoms with van der Waals surface area (Å²) in [6, 6.07) is 14.3. The van der Waals surface area contributed by atoms with Crippen LogP contribution >= 0.6 is 11.3 Å². The summed E-state index contributed by atoms with van der Waals surface area (Å²) in [7, 11) is 0. The van der Waals surface area contributed by atoms with Crippen LogP contribution in [0.1, 0.15) is 5.01 Å². The minimum absolute atomic E-state index is 0.264. The first-order valence-corrected chi connectivity index (χ1v) is 6.13. The molecule has 0 atom stereocenters. The van der Waals surface area contributed by atoms with Crippen molar-refractivity contribution < 1.29 is 5.11 Å². The third-order valence-corrected chi connectivity index (χ3v) is 3.53. The van der Waals surface area contributed by atoms with Crippen LogP contribution in [-0.4, -0.2) is 10.1 Å². The average Bonchev–Trinajstić information content (AvgIpc) is 2.68. The molecule has 0 spiro atoms. The summed E-state index contributed by atoms with van der Waals surface area (Å²) in [6.07, 6.45) is 0. The van der Waals surface area contributed by atoms with E-state index in [0.29, 0.717) is 0 Å². The molecule has 0 amide bonds. The van der Waals surface area contributed by atoms with Gasteiger partial charge in [-0.3, -0.25) is 0 Å². The van der Waals surface area contributed by atoms with E-state index >= 15 is 0 Å². The molecular formula is C14H10NOS. The Morgan fingerprint density at radius 2 is 2.18 bits per heavy atom. The number of fused-ring (bicyclic) bond motifs is 1. The number of aromatic nitrogens is 1. The summed E-state index contributed by atoms with van der Waals surface area (Å²) in [5.74, 6) is 0.264. The van der Waals surface area contributed by atoms with Gasteiger partial charge in [0.25, 0.3) is 0 Å². The number of aromatic hydroxyl groups is 1. The third kappa shape index (κ3) is 1.78. The van der Waals surface area contributed by atoms with Crippen molar-refractivity contribution in [2.24, 2.45) is 0 Å². The molecule has 0 aliphatic heterocycles. The fraction of sp³-hybridized carbons (Fsp3) is 0.0714. The van der Waals surface area contributed by atoms with Gasteiger partial charge in [-0.1, -0.05) is 18.2 Å². The van der Waals surface area contributed by atoms with E-state index < -0.39 is 0 Å². The zero-order chi connectivity index (χ0) is 11.8. The van der Waals surface area contributed by atoms with Crippen molar-refractivity contribution >= 4 is 21.6 Å². The molecule has 1 heterocycles. The highest BCUT2D eigenvalue weighted by Gasteiger charge is 2.08. The molecule has 1 aromatic heterocycles. The number of hydrogen-bond donors (Lipinski definition) is 1. The smallest absolute Gasteiger partial charge is 0.116 e. The molecule has 2 aromatic carbocycles. The van der Waals surface area contributed by atoms with Crippen LogP contribution in [0.5, 0.6) is 5.75 Å². The van der Waals surface area contributed by atoms with Gasteiger partial charge in [-0.15, -0.1) is 11.3 Å². The predicted molar refractivity (Wildman–Crippen MR) is 70.3 cm³/mol. The van der Waals surface area contributed by atoms with E-state index in [2.05, 4.69) is 11.1 Å². The monoisotopic (exact) mass is 240 g/mol. The topological polar surface area (TPSA) is 33.1 Å². The molecule has 0 unspecified atom stereocenters. The molecule has 3 heteroatoms. The van der Waals surface area contributed by atoms with E-state index in [0.717, 1.165) is 26.4 Å². The van der Waals surface area contributed by atoms with Gasteiger partial charge in [0, 0.05) is 5.56 Å². The fourth-order valence-corrected chi connectivity index (χ4v) is 2.72. The normalized spacial score (nSPS) is 10.9. The molecule has 17 heavy (non-hydrogen) atoms. The maximum Gasteiger partial charge on any atom is 0.116 e. The Kier molecular flexibility index (Phi) is 2.34. The molecule has 2 nitrogen and oxygen atoms in total. The minimum atomic E-state index is 0.264. The summed E-state index contributed by atoms with van der Waals surface area (Å²) >= 11 is 1.67. The summed E-state index contributed by atoms with van der Waals surface area (Å²) in [5.41, 5.74) is 2.85. The van der Waals surface area contributed by atoms with Crippen LogP contribution in [0.4, 0.5) is 0 Å². The van der Waals surface area contributed by atoms with E-state index in [4.69, 9.17) is 0 Å². The second-order valence-corrected chi connectivity index (χ2v) is 5.08. The number of phenolic OH excluding ortho intramolecular Hbond substituents is 1. The highest BCUT2D eigenvalue weighted by Crippen LogP contribution is 2.32. The van der Waals surface area contributed by atoms with E-state index in [1.807, 2.05) is 31.2 Å². The Balaban J connectivity index is 2.30. The molecule has 0 bridgehead atoms. The number of rotatable bonds is 1. The van der Waals surface area contributed by atoms with Gasteiger partial charge in [-0.25, -0.2) is 4.98 Å². The summed E-state index contributed by atoms with van der Waals surface area (Å²) in [5, 5.41) is 10.6. The molecular weight excluding hydrogens is 230 g/mol. The first kappa shape index (κ1) is 10.3. The SMILES string of the molecule is Cc1nc2c(-c3cccc(O)c3)[c]ccc2s1. The Labute approximate surface area is 103 Å². The summed E-state index contributed by atoms with van der Waals surface area (Å²) in [4.78, 5) is 4.52. The zero-order valence-corrected chi connectivity index (χ0v) is 10.1. The maximum absolute atomic E-state index is 9.52. The number of aryl methyl sites for hydroxylation is 1. The standard InChI is InChI=1S/C14H10NOS/c1-9-15-14-12(6-3-7-13(14)17-9)10-4-2-5-11(16)8-10/h2-5,7-8,16H,1H3. The van der Waals surface area contributed by atoms with Crippen LogP contribution < -0.4 is 0 Å². The van der Waals surface area contributed by atoms with Crippen molar-refractivity contribution in [1.82, 2.24) is 4.98 Å². The van der Waals surface area contributed by atoms with E-state index in [9.17, 15) is 5.11 Å². The molecule has 0 aliphatic rings. The molecule has 1 radical (unpaired) electrons. The second-order valence-electron chi connectivity index (χ2n) is 3.85. The molecule has 0 saturated heterocycles. The first-order valence-electron chi connectivity index (χ1n) is 5.31. The molecule has 0 aliphatic carbocycles. The largest absolute Gasteiger partial charge is 0.508 e. The van der Waals surface area contributed by atoms with Crippen molar-refractivity contribution in [2.75, 3.05) is 0 Å². The number of nitrogens with zero attached hydrogens (tertiary/aromatic N) is 1. The molecule has 0 saturated carbocycles. The lowest BCUT2D eigenvalue weighted by Crippen LogP contribution is -1.80. The van der Waals surface area contributed by atoms with E-state index in [1.165, 1.54) is 0 Å². The van der Waals surface area contributed by atoms with Gasteiger partial charge in [0.05, 0.1) is 15.2 Å². The fourth-order valence-electron chi connectivity index (χ4n) is 1.89. The number of hydrogen-bond acceptors (Lipinski definition) is 3. The van der Waals surface area contributed by atoms with Gasteiger partial charge in [-0.05, 0) is 36.8 Å². The molecule has 83 valence electrons. The van der Waals surface area contributed by atoms with Crippen molar-refractivity contribution in [3.8, 4) is 16.9 Å². The number of thiazole rings is 1. The average molecular weight is 240 g/mol. The number of phenols is 1. The molecule has 1 N–H and O–H groups in total. The first-order chi connectivity index (χ1) is 8.24. The van der Waals surface area contributed by atoms with Gasteiger partial charge in [0.15, 0.2) is 0 Å². The van der Waals surface area contributed by atoms with Gasteiger partial charge < -0.3 is 5.11 Å². The Hall–Kier alpha value is -1.87. The van der Waals surface area contributed by atoms with Gasteiger partial charge in [0.1, 0.15) is 5.75 Å². The molecule has 3 rings (SSSR count). The zero-order valence-electron chi connectivity index (χ0n) is 9.27. The summed E-state index contributed by atoms with van der Waals surface area (Å²) in [6.45, 7) is 2.00. The highest BCUT2D eigenvalue weighted by atomic mass is 32.1. The molecule has 0 fully saturated rings. The van der Waals surface area contributed by atoms with Gasteiger partial charge in [0.2, 0.25) is 0 Å². The number of benzene rings is 2. The predicted octanol–water partition coefficient (Wildman–Crippen LogP) is 3.78. The van der Waals surface area contributed by atoms with Crippen molar-refractivity contribution in [3.63, 3.8) is 0 Å². The van der Waals surface area contributed by atoms with Crippen molar-refractivity contribution in [2.45, 2.75) is 6.92 Å². The quantitative estimate of drug-likeness (QED) is 0.702. The van der Waals surface area contributed by atoms with Gasteiger partial charge >= 0.3 is 0 Å². The van der Waals surface area contributed by atoms with E-state index in [-0.39, 0.29) is 5.75 Å². The van der Waals surface area contributed by atoms with Crippen LogP contribution in [0.15, 0.2) is 36.4 Å². The Morgan fingerprint density at radius 1 is 1.29 bits per heavy atom. The molecule has 3 aromatic rings. The highest BCUT2D eigenvalue weighted by molar-refractivity contribution is 7.18. The van der Waals surface area contributed by atoms with Crippen molar-refractivity contribution in [3.05, 3.63) is 47.5 Å². The van der Waals surface area contributed by atoms with Crippen LogP contribution in [0.25, 0.3) is 21.3 Å². The lowest BCUT2D eigenvalue weighted by Gasteiger charge is -2.02. The maximum atomic E-state index is 9.52. The van der Waals surface area contributed by atoms with Crippen LogP contribution in [0.3, 0.4) is 0 Å². The Morgan fingerprint density at radius 3 is 3.00 bits per heavy atom. The van der Waals surface area contributed by atoms with Crippen molar-refractivity contribution in [1.29, 1.82) is 0 Å². The summed E-state index contributed by atoms with van der Waals surface area (Å²) < 4.78 is 1.15. The van der Waals surface area contributed by atoms with Crippen LogP contribution in [0, 0.1) is 13.0 Å². The van der Waals surface area contributed by atoms with E-state index in [1.54, 1.807) is 23.5 Å². The second kappa shape index (κ2) is 3.86. The lowest BCUT2D eigenvalue weighted by atomic mass is 10.0. The minimum Gasteiger partial charge on any atom is -0.508 e. The van der Waals surface area contributed by atoms with Crippen LogP contribution in [-0.2, 0) is 0 Å². The Bertz CT molecular complexity index is 688. The van der Waals surface area contributed by atoms with Crippen LogP contribution in [0.2, 0.25) is 0 Å². The third-order valence-electron chi connectivity index (χ3n) is 2.59.